The third kappa shape index (κ3) is 5.34. The number of nitrogens with zero attached hydrogens (tertiary/aromatic N) is 1. The quantitative estimate of drug-likeness (QED) is 0.693. The summed E-state index contributed by atoms with van der Waals surface area (Å²) in [6, 6.07) is 0.733. The zero-order valence-electron chi connectivity index (χ0n) is 13.6. The van der Waals surface area contributed by atoms with Crippen LogP contribution in [0, 0.1) is 5.92 Å². The fourth-order valence-electron chi connectivity index (χ4n) is 3.59. The molecule has 2 fully saturated rings. The zero-order valence-corrected chi connectivity index (χ0v) is 13.6. The lowest BCUT2D eigenvalue weighted by molar-refractivity contribution is -0.0882. The first kappa shape index (κ1) is 16.3. The summed E-state index contributed by atoms with van der Waals surface area (Å²) in [6.45, 7) is 10.3. The van der Waals surface area contributed by atoms with Crippen LogP contribution >= 0.6 is 0 Å². The summed E-state index contributed by atoms with van der Waals surface area (Å²) in [4.78, 5) is 2.72. The molecule has 0 aromatic carbocycles. The van der Waals surface area contributed by atoms with Crippen LogP contribution in [0.3, 0.4) is 0 Å². The maximum atomic E-state index is 5.94. The summed E-state index contributed by atoms with van der Waals surface area (Å²) in [5.74, 6) is 0.770. The molecule has 0 spiro atoms. The maximum Gasteiger partial charge on any atom is 0.0730 e. The predicted molar refractivity (Wildman–Crippen MR) is 85.1 cm³/mol. The lowest BCUT2D eigenvalue weighted by Gasteiger charge is -2.43. The maximum absolute atomic E-state index is 5.94. The second kappa shape index (κ2) is 9.01. The molecule has 3 nitrogen and oxygen atoms in total. The Morgan fingerprint density at radius 1 is 1.15 bits per heavy atom. The van der Waals surface area contributed by atoms with Crippen molar-refractivity contribution < 1.29 is 4.74 Å². The molecule has 1 saturated carbocycles. The van der Waals surface area contributed by atoms with Crippen molar-refractivity contribution in [2.45, 2.75) is 70.9 Å². The lowest BCUT2D eigenvalue weighted by Crippen LogP contribution is -2.52. The normalized spacial score (nSPS) is 27.8. The Morgan fingerprint density at radius 2 is 2.00 bits per heavy atom. The topological polar surface area (TPSA) is 24.5 Å². The van der Waals surface area contributed by atoms with Gasteiger partial charge in [-0.05, 0) is 51.2 Å². The highest BCUT2D eigenvalue weighted by atomic mass is 16.5. The minimum Gasteiger partial charge on any atom is -0.375 e. The third-order valence-electron chi connectivity index (χ3n) is 4.70. The highest BCUT2D eigenvalue weighted by Crippen LogP contribution is 2.28. The predicted octanol–water partition coefficient (Wildman–Crippen LogP) is 3.05. The van der Waals surface area contributed by atoms with Crippen LogP contribution in [0.15, 0.2) is 0 Å². The van der Waals surface area contributed by atoms with E-state index in [1.54, 1.807) is 0 Å². The van der Waals surface area contributed by atoms with Crippen LogP contribution in [-0.2, 0) is 4.74 Å². The van der Waals surface area contributed by atoms with Crippen molar-refractivity contribution in [2.75, 3.05) is 32.8 Å². The molecule has 1 aliphatic heterocycles. The second-order valence-corrected chi connectivity index (χ2v) is 6.96. The van der Waals surface area contributed by atoms with Gasteiger partial charge in [0.2, 0.25) is 0 Å². The standard InChI is InChI=1S/C17H34N2O/c1-15(2)14-18-10-6-3-7-11-19-12-13-20-17-9-5-4-8-16(17)19/h15-18H,3-14H2,1-2H3. The van der Waals surface area contributed by atoms with Gasteiger partial charge in [-0.2, -0.15) is 0 Å². The van der Waals surface area contributed by atoms with Crippen molar-refractivity contribution in [1.29, 1.82) is 0 Å². The Morgan fingerprint density at radius 3 is 2.85 bits per heavy atom. The summed E-state index contributed by atoms with van der Waals surface area (Å²) in [5.41, 5.74) is 0. The Bertz CT molecular complexity index is 255. The Balaban J connectivity index is 1.54. The van der Waals surface area contributed by atoms with Crippen LogP contribution in [0.2, 0.25) is 0 Å². The molecule has 1 N–H and O–H groups in total. The van der Waals surface area contributed by atoms with Crippen LogP contribution in [0.1, 0.15) is 58.8 Å². The van der Waals surface area contributed by atoms with Gasteiger partial charge in [-0.3, -0.25) is 4.90 Å². The summed E-state index contributed by atoms with van der Waals surface area (Å²) in [6.07, 6.45) is 10.0. The molecule has 0 amide bonds. The van der Waals surface area contributed by atoms with E-state index in [-0.39, 0.29) is 0 Å². The summed E-state index contributed by atoms with van der Waals surface area (Å²) < 4.78 is 5.94. The van der Waals surface area contributed by atoms with Gasteiger partial charge in [-0.1, -0.05) is 33.1 Å². The molecular formula is C17H34N2O. The van der Waals surface area contributed by atoms with Gasteiger partial charge in [0.05, 0.1) is 12.7 Å². The minimum atomic E-state index is 0.546. The van der Waals surface area contributed by atoms with E-state index in [1.807, 2.05) is 0 Å². The van der Waals surface area contributed by atoms with Crippen LogP contribution in [0.5, 0.6) is 0 Å². The first-order valence-corrected chi connectivity index (χ1v) is 8.83. The first-order chi connectivity index (χ1) is 9.77. The molecule has 2 unspecified atom stereocenters. The number of hydrogen-bond donors (Lipinski definition) is 1. The number of rotatable bonds is 8. The van der Waals surface area contributed by atoms with Gasteiger partial charge < -0.3 is 10.1 Å². The molecule has 1 aliphatic carbocycles. The molecule has 0 radical (unpaired) electrons. The largest absolute Gasteiger partial charge is 0.375 e. The molecule has 1 saturated heterocycles. The molecular weight excluding hydrogens is 248 g/mol. The van der Waals surface area contributed by atoms with Gasteiger partial charge >= 0.3 is 0 Å². The van der Waals surface area contributed by atoms with Crippen molar-refractivity contribution in [2.24, 2.45) is 5.92 Å². The van der Waals surface area contributed by atoms with E-state index in [2.05, 4.69) is 24.1 Å². The summed E-state index contributed by atoms with van der Waals surface area (Å²) in [5, 5.41) is 3.53. The van der Waals surface area contributed by atoms with E-state index >= 15 is 0 Å². The van der Waals surface area contributed by atoms with E-state index in [0.29, 0.717) is 6.10 Å². The van der Waals surface area contributed by atoms with Crippen LogP contribution in [-0.4, -0.2) is 49.8 Å². The van der Waals surface area contributed by atoms with E-state index in [1.165, 1.54) is 58.0 Å². The van der Waals surface area contributed by atoms with Gasteiger partial charge in [0.1, 0.15) is 0 Å². The molecule has 1 heterocycles. The van der Waals surface area contributed by atoms with Gasteiger partial charge in [0.15, 0.2) is 0 Å². The van der Waals surface area contributed by atoms with E-state index in [0.717, 1.165) is 31.7 Å². The molecule has 20 heavy (non-hydrogen) atoms. The second-order valence-electron chi connectivity index (χ2n) is 6.96. The Labute approximate surface area is 125 Å². The molecule has 0 aromatic rings. The van der Waals surface area contributed by atoms with E-state index in [9.17, 15) is 0 Å². The number of hydrogen-bond acceptors (Lipinski definition) is 3. The average molecular weight is 282 g/mol. The average Bonchev–Trinajstić information content (AvgIpc) is 2.46. The molecule has 2 rings (SSSR count). The number of unbranched alkanes of at least 4 members (excludes halogenated alkanes) is 2. The molecule has 2 atom stereocenters. The summed E-state index contributed by atoms with van der Waals surface area (Å²) >= 11 is 0. The van der Waals surface area contributed by atoms with Crippen LogP contribution < -0.4 is 5.32 Å². The zero-order chi connectivity index (χ0) is 14.2. The smallest absolute Gasteiger partial charge is 0.0730 e. The van der Waals surface area contributed by atoms with Crippen LogP contribution in [0.25, 0.3) is 0 Å². The summed E-state index contributed by atoms with van der Waals surface area (Å²) in [7, 11) is 0. The van der Waals surface area contributed by atoms with Gasteiger partial charge in [0.25, 0.3) is 0 Å². The number of morpholine rings is 1. The van der Waals surface area contributed by atoms with Crippen molar-refractivity contribution in [3.05, 3.63) is 0 Å². The monoisotopic (exact) mass is 282 g/mol. The number of fused-ring (bicyclic) bond motifs is 1. The lowest BCUT2D eigenvalue weighted by atomic mass is 9.90. The molecule has 2 aliphatic rings. The van der Waals surface area contributed by atoms with Gasteiger partial charge in [-0.15, -0.1) is 0 Å². The first-order valence-electron chi connectivity index (χ1n) is 8.83. The number of ether oxygens (including phenoxy) is 1. The highest BCUT2D eigenvalue weighted by Gasteiger charge is 2.33. The molecule has 118 valence electrons. The molecule has 0 bridgehead atoms. The highest BCUT2D eigenvalue weighted by molar-refractivity contribution is 4.87. The SMILES string of the molecule is CC(C)CNCCCCCN1CCOC2CCCCC21. The van der Waals surface area contributed by atoms with Crippen molar-refractivity contribution in [3.8, 4) is 0 Å². The van der Waals surface area contributed by atoms with Gasteiger partial charge in [-0.25, -0.2) is 0 Å². The van der Waals surface area contributed by atoms with E-state index < -0.39 is 0 Å². The van der Waals surface area contributed by atoms with Crippen molar-refractivity contribution in [1.82, 2.24) is 10.2 Å². The Kier molecular flexibility index (Phi) is 7.32. The van der Waals surface area contributed by atoms with E-state index in [4.69, 9.17) is 4.74 Å². The molecule has 3 heteroatoms. The molecule has 0 aromatic heterocycles. The minimum absolute atomic E-state index is 0.546. The Hall–Kier alpha value is -0.120. The fraction of sp³-hybridized carbons (Fsp3) is 1.00. The fourth-order valence-corrected chi connectivity index (χ4v) is 3.59. The number of nitrogens with one attached hydrogen (secondary N) is 1. The van der Waals surface area contributed by atoms with Crippen molar-refractivity contribution in [3.63, 3.8) is 0 Å². The van der Waals surface area contributed by atoms with Crippen LogP contribution in [0.4, 0.5) is 0 Å². The third-order valence-corrected chi connectivity index (χ3v) is 4.70. The van der Waals surface area contributed by atoms with Gasteiger partial charge in [0, 0.05) is 12.6 Å². The van der Waals surface area contributed by atoms with Crippen molar-refractivity contribution >= 4 is 0 Å².